The van der Waals surface area contributed by atoms with Crippen molar-refractivity contribution in [3.8, 4) is 0 Å². The molecule has 6 atom stereocenters. The maximum atomic E-state index is 12.0. The molecule has 0 saturated carbocycles. The molecule has 9 nitrogen and oxygen atoms in total. The molecule has 1 saturated heterocycles. The van der Waals surface area contributed by atoms with Gasteiger partial charge in [0, 0.05) is 6.92 Å². The summed E-state index contributed by atoms with van der Waals surface area (Å²) in [6.07, 6.45) is -5.37. The average molecular weight is 306 g/mol. The van der Waals surface area contributed by atoms with Crippen LogP contribution >= 0.6 is 0 Å². The minimum absolute atomic E-state index is 0.312. The Morgan fingerprint density at radius 2 is 1.86 bits per heavy atom. The number of carbonyl (C=O) groups is 2. The second kappa shape index (κ2) is 7.66. The molecule has 1 rings (SSSR count). The van der Waals surface area contributed by atoms with E-state index in [4.69, 9.17) is 9.84 Å². The minimum atomic E-state index is -1.58. The molecule has 1 aliphatic rings. The van der Waals surface area contributed by atoms with Crippen LogP contribution in [0.5, 0.6) is 0 Å². The standard InChI is InChI=1S/C12H22N2O7/c1-3-6(13-5(2)16)11(19)14-8-10(18)9(17)7(4-15)21-12(8)20/h6-10,12,15,17-18,20H,3-4H2,1-2H3,(H,13,16)(H,14,19). The number of aliphatic hydroxyl groups is 4. The summed E-state index contributed by atoms with van der Waals surface area (Å²) in [4.78, 5) is 23.0. The van der Waals surface area contributed by atoms with Gasteiger partial charge in [-0.25, -0.2) is 0 Å². The van der Waals surface area contributed by atoms with Crippen LogP contribution in [-0.2, 0) is 14.3 Å². The lowest BCUT2D eigenvalue weighted by Crippen LogP contribution is -2.65. The zero-order valence-electron chi connectivity index (χ0n) is 11.9. The third-order valence-corrected chi connectivity index (χ3v) is 3.31. The molecule has 6 N–H and O–H groups in total. The Morgan fingerprint density at radius 1 is 1.24 bits per heavy atom. The predicted molar refractivity (Wildman–Crippen MR) is 69.8 cm³/mol. The van der Waals surface area contributed by atoms with Gasteiger partial charge in [-0.1, -0.05) is 6.92 Å². The summed E-state index contributed by atoms with van der Waals surface area (Å²) in [6, 6.07) is -2.09. The molecule has 0 aromatic heterocycles. The number of carbonyl (C=O) groups excluding carboxylic acids is 2. The second-order valence-electron chi connectivity index (χ2n) is 4.92. The van der Waals surface area contributed by atoms with E-state index in [9.17, 15) is 24.9 Å². The van der Waals surface area contributed by atoms with E-state index in [1.54, 1.807) is 6.92 Å². The van der Waals surface area contributed by atoms with Gasteiger partial charge in [-0.15, -0.1) is 0 Å². The molecule has 0 bridgehead atoms. The topological polar surface area (TPSA) is 148 Å². The summed E-state index contributed by atoms with van der Waals surface area (Å²) in [6.45, 7) is 2.36. The van der Waals surface area contributed by atoms with E-state index < -0.39 is 55.1 Å². The van der Waals surface area contributed by atoms with Gasteiger partial charge in [-0.3, -0.25) is 9.59 Å². The SMILES string of the molecule is CCC(NC(C)=O)C(=O)NC1C(O)OC(CO)C(O)C1O. The van der Waals surface area contributed by atoms with Crippen LogP contribution in [0.1, 0.15) is 20.3 Å². The minimum Gasteiger partial charge on any atom is -0.394 e. The van der Waals surface area contributed by atoms with Crippen LogP contribution in [0, 0.1) is 0 Å². The van der Waals surface area contributed by atoms with Crippen LogP contribution in [0.2, 0.25) is 0 Å². The Labute approximate surface area is 121 Å². The maximum absolute atomic E-state index is 12.0. The van der Waals surface area contributed by atoms with Gasteiger partial charge in [0.05, 0.1) is 6.61 Å². The maximum Gasteiger partial charge on any atom is 0.243 e. The van der Waals surface area contributed by atoms with Crippen LogP contribution < -0.4 is 10.6 Å². The molecular formula is C12H22N2O7. The lowest BCUT2D eigenvalue weighted by Gasteiger charge is -2.40. The van der Waals surface area contributed by atoms with Crippen LogP contribution in [0.4, 0.5) is 0 Å². The Hall–Kier alpha value is -1.26. The summed E-state index contributed by atoms with van der Waals surface area (Å²) in [5.41, 5.74) is 0. The third kappa shape index (κ3) is 4.35. The fourth-order valence-electron chi connectivity index (χ4n) is 2.12. The molecule has 122 valence electrons. The summed E-state index contributed by atoms with van der Waals surface area (Å²) in [5.74, 6) is -1.01. The average Bonchev–Trinajstić information content (AvgIpc) is 2.44. The van der Waals surface area contributed by atoms with Gasteiger partial charge in [-0.2, -0.15) is 0 Å². The first-order valence-corrected chi connectivity index (χ1v) is 6.69. The van der Waals surface area contributed by atoms with Gasteiger partial charge in [0.1, 0.15) is 30.4 Å². The highest BCUT2D eigenvalue weighted by Gasteiger charge is 2.44. The van der Waals surface area contributed by atoms with E-state index in [1.165, 1.54) is 6.92 Å². The first-order chi connectivity index (χ1) is 9.81. The molecule has 1 fully saturated rings. The smallest absolute Gasteiger partial charge is 0.243 e. The van der Waals surface area contributed by atoms with E-state index >= 15 is 0 Å². The van der Waals surface area contributed by atoms with Crippen molar-refractivity contribution in [1.82, 2.24) is 10.6 Å². The van der Waals surface area contributed by atoms with Gasteiger partial charge in [0.15, 0.2) is 6.29 Å². The van der Waals surface area contributed by atoms with Gasteiger partial charge in [-0.05, 0) is 6.42 Å². The van der Waals surface area contributed by atoms with Crippen LogP contribution in [0.3, 0.4) is 0 Å². The first-order valence-electron chi connectivity index (χ1n) is 6.69. The molecule has 0 aromatic rings. The molecule has 6 unspecified atom stereocenters. The van der Waals surface area contributed by atoms with Crippen molar-refractivity contribution >= 4 is 11.8 Å². The molecular weight excluding hydrogens is 284 g/mol. The Kier molecular flexibility index (Phi) is 6.49. The van der Waals surface area contributed by atoms with E-state index in [-0.39, 0.29) is 0 Å². The fraction of sp³-hybridized carbons (Fsp3) is 0.833. The lowest BCUT2D eigenvalue weighted by atomic mass is 9.96. The number of ether oxygens (including phenoxy) is 1. The van der Waals surface area contributed by atoms with Crippen molar-refractivity contribution in [3.63, 3.8) is 0 Å². The molecule has 0 aromatic carbocycles. The van der Waals surface area contributed by atoms with Gasteiger partial charge in [0.25, 0.3) is 0 Å². The molecule has 0 aliphatic carbocycles. The van der Waals surface area contributed by atoms with E-state index in [0.29, 0.717) is 6.42 Å². The Bertz CT molecular complexity index is 379. The van der Waals surface area contributed by atoms with Gasteiger partial charge in [0.2, 0.25) is 11.8 Å². The largest absolute Gasteiger partial charge is 0.394 e. The van der Waals surface area contributed by atoms with Crippen molar-refractivity contribution < 1.29 is 34.8 Å². The van der Waals surface area contributed by atoms with E-state index in [0.717, 1.165) is 0 Å². The van der Waals surface area contributed by atoms with Crippen molar-refractivity contribution in [2.75, 3.05) is 6.61 Å². The number of aliphatic hydroxyl groups excluding tert-OH is 4. The van der Waals surface area contributed by atoms with Crippen molar-refractivity contribution in [2.24, 2.45) is 0 Å². The molecule has 9 heteroatoms. The van der Waals surface area contributed by atoms with E-state index in [2.05, 4.69) is 10.6 Å². The monoisotopic (exact) mass is 306 g/mol. The Morgan fingerprint density at radius 3 is 2.33 bits per heavy atom. The number of hydrogen-bond acceptors (Lipinski definition) is 7. The zero-order chi connectivity index (χ0) is 16.2. The van der Waals surface area contributed by atoms with Gasteiger partial charge < -0.3 is 35.8 Å². The number of hydrogen-bond donors (Lipinski definition) is 6. The number of rotatable bonds is 5. The fourth-order valence-corrected chi connectivity index (χ4v) is 2.12. The molecule has 1 aliphatic heterocycles. The second-order valence-corrected chi connectivity index (χ2v) is 4.92. The van der Waals surface area contributed by atoms with Crippen molar-refractivity contribution in [2.45, 2.75) is 57.0 Å². The van der Waals surface area contributed by atoms with Crippen molar-refractivity contribution in [3.05, 3.63) is 0 Å². The highest BCUT2D eigenvalue weighted by molar-refractivity contribution is 5.87. The molecule has 1 heterocycles. The summed E-state index contributed by atoms with van der Waals surface area (Å²) < 4.78 is 4.92. The first kappa shape index (κ1) is 17.8. The van der Waals surface area contributed by atoms with Crippen LogP contribution in [-0.4, -0.2) is 75.5 Å². The van der Waals surface area contributed by atoms with E-state index in [1.807, 2.05) is 0 Å². The number of amides is 2. The van der Waals surface area contributed by atoms with Crippen molar-refractivity contribution in [1.29, 1.82) is 0 Å². The highest BCUT2D eigenvalue weighted by atomic mass is 16.6. The van der Waals surface area contributed by atoms with Crippen LogP contribution in [0.15, 0.2) is 0 Å². The summed E-state index contributed by atoms with van der Waals surface area (Å²) in [5, 5.41) is 43.0. The molecule has 2 amide bonds. The highest BCUT2D eigenvalue weighted by Crippen LogP contribution is 2.19. The molecule has 21 heavy (non-hydrogen) atoms. The predicted octanol–water partition coefficient (Wildman–Crippen LogP) is -3.18. The molecule has 0 radical (unpaired) electrons. The summed E-state index contributed by atoms with van der Waals surface area (Å²) in [7, 11) is 0. The normalized spacial score (nSPS) is 34.1. The Balaban J connectivity index is 2.72. The van der Waals surface area contributed by atoms with Crippen LogP contribution in [0.25, 0.3) is 0 Å². The number of nitrogens with one attached hydrogen (secondary N) is 2. The summed E-state index contributed by atoms with van der Waals surface area (Å²) >= 11 is 0. The quantitative estimate of drug-likeness (QED) is 0.313. The zero-order valence-corrected chi connectivity index (χ0v) is 11.9. The van der Waals surface area contributed by atoms with Gasteiger partial charge >= 0.3 is 0 Å². The lowest BCUT2D eigenvalue weighted by molar-refractivity contribution is -0.254. The third-order valence-electron chi connectivity index (χ3n) is 3.31. The molecule has 0 spiro atoms.